The number of nitro groups is 1. The summed E-state index contributed by atoms with van der Waals surface area (Å²) in [6, 6.07) is 5.40. The van der Waals surface area contributed by atoms with Crippen LogP contribution in [0.25, 0.3) is 0 Å². The number of terminal acetylenes is 2. The van der Waals surface area contributed by atoms with Crippen LogP contribution in [0.2, 0.25) is 0 Å². The van der Waals surface area contributed by atoms with Gasteiger partial charge < -0.3 is 28.6 Å². The summed E-state index contributed by atoms with van der Waals surface area (Å²) in [5.74, 6) is 4.29. The Kier molecular flexibility index (Phi) is 14.0. The summed E-state index contributed by atoms with van der Waals surface area (Å²) in [5.41, 5.74) is 1.01. The second-order valence-electron chi connectivity index (χ2n) is 19.8. The van der Waals surface area contributed by atoms with Crippen LogP contribution >= 0.6 is 0 Å². The number of non-ortho nitro benzene ring substituents is 1. The Balaban J connectivity index is 0.000000816. The summed E-state index contributed by atoms with van der Waals surface area (Å²) in [4.78, 5) is 37.8. The maximum atomic E-state index is 12.9. The molecule has 60 heavy (non-hydrogen) atoms. The minimum absolute atomic E-state index is 0.0327. The second-order valence-corrected chi connectivity index (χ2v) is 19.8. The molecule has 8 fully saturated rings. The van der Waals surface area contributed by atoms with Crippen molar-refractivity contribution in [2.24, 2.45) is 57.2 Å². The van der Waals surface area contributed by atoms with Crippen LogP contribution in [0.5, 0.6) is 5.75 Å². The number of carbonyl (C=O) groups is 2. The Morgan fingerprint density at radius 1 is 0.900 bits per heavy atom. The van der Waals surface area contributed by atoms with E-state index in [0.29, 0.717) is 72.5 Å². The molecule has 9 rings (SSSR count). The van der Waals surface area contributed by atoms with Crippen molar-refractivity contribution in [1.82, 2.24) is 4.90 Å². The molecule has 5 unspecified atom stereocenters. The molecule has 2 heterocycles. The Bertz CT molecular complexity index is 1720. The van der Waals surface area contributed by atoms with Gasteiger partial charge in [0.25, 0.3) is 5.69 Å². The second kappa shape index (κ2) is 18.4. The van der Waals surface area contributed by atoms with Gasteiger partial charge in [-0.1, -0.05) is 48.0 Å². The molecule has 2 saturated heterocycles. The number of hydrogen-bond acceptors (Lipinski definition) is 9. The Labute approximate surface area is 358 Å². The van der Waals surface area contributed by atoms with Gasteiger partial charge in [-0.15, -0.1) is 25.7 Å². The van der Waals surface area contributed by atoms with E-state index in [9.17, 15) is 19.7 Å². The number of fused-ring (bicyclic) bond motifs is 4. The maximum absolute atomic E-state index is 12.9. The van der Waals surface area contributed by atoms with Gasteiger partial charge in [0.05, 0.1) is 36.4 Å². The third-order valence-corrected chi connectivity index (χ3v) is 16.8. The molecule has 6 saturated carbocycles. The monoisotopic (exact) mass is 831 g/mol. The first kappa shape index (κ1) is 45.9. The Morgan fingerprint density at radius 3 is 2.25 bits per heavy atom. The molecule has 330 valence electrons. The quantitative estimate of drug-likeness (QED) is 0.0827. The van der Waals surface area contributed by atoms with Crippen molar-refractivity contribution >= 4 is 17.7 Å². The third-order valence-electron chi connectivity index (χ3n) is 16.8. The van der Waals surface area contributed by atoms with E-state index in [1.54, 1.807) is 0 Å². The number of morpholine rings is 1. The normalized spacial score (nSPS) is 38.9. The predicted octanol–water partition coefficient (Wildman–Crippen LogP) is 9.85. The molecule has 12 atom stereocenters. The zero-order valence-electron chi connectivity index (χ0n) is 37.0. The number of ether oxygens (including phenoxy) is 5. The van der Waals surface area contributed by atoms with E-state index >= 15 is 0 Å². The van der Waals surface area contributed by atoms with E-state index in [-0.39, 0.29) is 59.4 Å². The molecule has 1 amide bonds. The van der Waals surface area contributed by atoms with Gasteiger partial charge in [0.1, 0.15) is 12.4 Å². The van der Waals surface area contributed by atoms with Crippen LogP contribution in [0, 0.1) is 93.0 Å². The zero-order chi connectivity index (χ0) is 43.6. The van der Waals surface area contributed by atoms with E-state index in [0.717, 1.165) is 25.7 Å². The van der Waals surface area contributed by atoms with E-state index in [4.69, 9.17) is 23.7 Å². The number of benzene rings is 1. The van der Waals surface area contributed by atoms with E-state index in [1.807, 2.05) is 4.90 Å². The molecule has 11 nitrogen and oxygen atoms in total. The van der Waals surface area contributed by atoms with Gasteiger partial charge in [-0.2, -0.15) is 0 Å². The van der Waals surface area contributed by atoms with Gasteiger partial charge in [0.2, 0.25) is 5.91 Å². The van der Waals surface area contributed by atoms with Crippen LogP contribution in [0.15, 0.2) is 24.3 Å². The number of nitrogens with zero attached hydrogens (tertiary/aromatic N) is 2. The number of amides is 1. The fourth-order valence-corrected chi connectivity index (χ4v) is 14.1. The van der Waals surface area contributed by atoms with Crippen molar-refractivity contribution < 1.29 is 38.2 Å². The van der Waals surface area contributed by atoms with Gasteiger partial charge in [0, 0.05) is 25.1 Å². The number of nitro benzene ring substituents is 1. The summed E-state index contributed by atoms with van der Waals surface area (Å²) in [7, 11) is 0. The van der Waals surface area contributed by atoms with Crippen LogP contribution in [0.1, 0.15) is 125 Å². The highest BCUT2D eigenvalue weighted by atomic mass is 16.7. The molecule has 0 bridgehead atoms. The van der Waals surface area contributed by atoms with Crippen LogP contribution in [-0.4, -0.2) is 72.8 Å². The molecule has 2 spiro atoms. The standard InChI is InChI=1S/C42H58N2O9.C3H8.2C2H2/c1-25-41-18-17-40(4)31-12-11-29(24-50-38(46)52-28-9-7-27(8-10-28)44(47)48)51-33(31)22-32(40)30(41)13-14-34-39(2,3)35(15-16-42(25,34)41)53-37-23-43(19-20-49-37)36(45)21-26-5-6-26;1-3-2;2*1-2/h7-10,25-26,29-35,37H,5-6,11-24H2,1-4H3;3H2,1-2H3;2*1-2H/t25-,29+,30-,31?,32?,33+,34?,35-,37?,40+,41-,42?;;;/m0.../s1. The van der Waals surface area contributed by atoms with Crippen LogP contribution < -0.4 is 4.74 Å². The van der Waals surface area contributed by atoms with Crippen molar-refractivity contribution in [3.63, 3.8) is 0 Å². The summed E-state index contributed by atoms with van der Waals surface area (Å²) in [5, 5.41) is 10.9. The molecule has 6 aliphatic carbocycles. The fraction of sp³-hybridized carbons (Fsp3) is 0.755. The highest BCUT2D eigenvalue weighted by Gasteiger charge is 2.84. The smallest absolute Gasteiger partial charge is 0.431 e. The molecule has 8 aliphatic rings. The van der Waals surface area contributed by atoms with E-state index in [1.165, 1.54) is 75.6 Å². The third kappa shape index (κ3) is 8.09. The average Bonchev–Trinajstić information content (AvgIpc) is 4.13. The average molecular weight is 831 g/mol. The molecular weight excluding hydrogens is 761 g/mol. The molecule has 0 aromatic heterocycles. The molecule has 11 heteroatoms. The predicted molar refractivity (Wildman–Crippen MR) is 229 cm³/mol. The summed E-state index contributed by atoms with van der Waals surface area (Å²) < 4.78 is 30.5. The van der Waals surface area contributed by atoms with E-state index < -0.39 is 11.1 Å². The highest BCUT2D eigenvalue weighted by molar-refractivity contribution is 5.76. The fourth-order valence-electron chi connectivity index (χ4n) is 14.1. The number of rotatable bonds is 8. The number of carbonyl (C=O) groups excluding carboxylic acids is 2. The lowest BCUT2D eigenvalue weighted by Crippen LogP contribution is -2.56. The van der Waals surface area contributed by atoms with Crippen molar-refractivity contribution in [1.29, 1.82) is 0 Å². The molecule has 2 aliphatic heterocycles. The van der Waals surface area contributed by atoms with Crippen LogP contribution in [-0.2, 0) is 23.7 Å². The topological polar surface area (TPSA) is 127 Å². The molecular formula is C49H70N2O9. The molecule has 0 N–H and O–H groups in total. The SMILES string of the molecule is C#C.C#C.CCC.C[C@@H]1C23CC[C@H](OC4CN(C(=O)CC5CC5)CCO4)C(C)(C)C2CC[C@H]2C4C[C@H]5O[C@@H](COC(=O)Oc6ccc([N+](=O)[O-])cc6)CCC5[C@@]4(C)CC[C@]123. The summed E-state index contributed by atoms with van der Waals surface area (Å²) >= 11 is 0. The molecule has 0 radical (unpaired) electrons. The number of hydrogen-bond donors (Lipinski definition) is 0. The van der Waals surface area contributed by atoms with Gasteiger partial charge in [-0.05, 0) is 140 Å². The Hall–Kier alpha value is -3.64. The van der Waals surface area contributed by atoms with Crippen LogP contribution in [0.4, 0.5) is 10.5 Å². The van der Waals surface area contributed by atoms with Crippen molar-refractivity contribution in [3.05, 3.63) is 34.4 Å². The van der Waals surface area contributed by atoms with Crippen LogP contribution in [0.3, 0.4) is 0 Å². The van der Waals surface area contributed by atoms with Crippen molar-refractivity contribution in [3.8, 4) is 31.4 Å². The minimum atomic E-state index is -0.821. The highest BCUT2D eigenvalue weighted by Crippen LogP contribution is 2.89. The lowest BCUT2D eigenvalue weighted by atomic mass is 9.46. The largest absolute Gasteiger partial charge is 0.513 e. The summed E-state index contributed by atoms with van der Waals surface area (Å²) in [6.07, 6.45) is 29.7. The Morgan fingerprint density at radius 2 is 1.58 bits per heavy atom. The first-order chi connectivity index (χ1) is 28.8. The minimum Gasteiger partial charge on any atom is -0.431 e. The zero-order valence-corrected chi connectivity index (χ0v) is 37.0. The van der Waals surface area contributed by atoms with Crippen molar-refractivity contribution in [2.45, 2.75) is 150 Å². The van der Waals surface area contributed by atoms with Gasteiger partial charge in [0.15, 0.2) is 6.29 Å². The van der Waals surface area contributed by atoms with Gasteiger partial charge in [-0.25, -0.2) is 4.79 Å². The lowest BCUT2D eigenvalue weighted by molar-refractivity contribution is -0.384. The van der Waals surface area contributed by atoms with Gasteiger partial charge >= 0.3 is 6.16 Å². The first-order valence-corrected chi connectivity index (χ1v) is 22.7. The van der Waals surface area contributed by atoms with E-state index in [2.05, 4.69) is 67.2 Å². The molecule has 1 aromatic rings. The maximum Gasteiger partial charge on any atom is 0.513 e. The van der Waals surface area contributed by atoms with Gasteiger partial charge in [-0.3, -0.25) is 14.9 Å². The van der Waals surface area contributed by atoms with Crippen molar-refractivity contribution in [2.75, 3.05) is 26.3 Å². The summed E-state index contributed by atoms with van der Waals surface area (Å²) in [6.45, 7) is 16.3. The molecule has 1 aromatic carbocycles. The lowest BCUT2D eigenvalue weighted by Gasteiger charge is -2.59. The first-order valence-electron chi connectivity index (χ1n) is 22.7.